The van der Waals surface area contributed by atoms with E-state index in [-0.39, 0.29) is 5.56 Å². The molecule has 0 saturated heterocycles. The van der Waals surface area contributed by atoms with Crippen LogP contribution in [0.25, 0.3) is 27.7 Å². The zero-order valence-corrected chi connectivity index (χ0v) is 16.4. The van der Waals surface area contributed by atoms with Crippen molar-refractivity contribution in [1.82, 2.24) is 19.3 Å². The molecular formula is C22H24N4O. The summed E-state index contributed by atoms with van der Waals surface area (Å²) in [5.74, 6) is 0.670. The van der Waals surface area contributed by atoms with Crippen LogP contribution in [0.5, 0.6) is 0 Å². The summed E-state index contributed by atoms with van der Waals surface area (Å²) < 4.78 is 3.48. The van der Waals surface area contributed by atoms with Crippen LogP contribution in [0.15, 0.2) is 59.5 Å². The summed E-state index contributed by atoms with van der Waals surface area (Å²) in [5.41, 5.74) is 4.29. The van der Waals surface area contributed by atoms with E-state index in [2.05, 4.69) is 10.1 Å². The summed E-state index contributed by atoms with van der Waals surface area (Å²) in [6.45, 7) is 7.86. The molecule has 0 aliphatic rings. The molecule has 0 amide bonds. The van der Waals surface area contributed by atoms with Crippen LogP contribution in [0.4, 0.5) is 0 Å². The van der Waals surface area contributed by atoms with Crippen LogP contribution in [-0.2, 0) is 7.05 Å². The summed E-state index contributed by atoms with van der Waals surface area (Å²) >= 11 is 0. The van der Waals surface area contributed by atoms with Crippen molar-refractivity contribution in [3.63, 3.8) is 0 Å². The van der Waals surface area contributed by atoms with Gasteiger partial charge in [0.25, 0.3) is 5.56 Å². The Balaban J connectivity index is 0.00000102. The topological polar surface area (TPSA) is 52.7 Å². The second kappa shape index (κ2) is 7.58. The van der Waals surface area contributed by atoms with E-state index < -0.39 is 0 Å². The summed E-state index contributed by atoms with van der Waals surface area (Å²) in [6, 6.07) is 15.4. The standard InChI is InChI=1S/C20H18N4O.C2H6/c1-13-17(12-21-23(13)3)16-10-7-11-18-19(16)20(25)24(14(2)22-18)15-8-5-4-6-9-15;1-2/h4-12H,1-3H3;1-2H3. The predicted molar refractivity (Wildman–Crippen MR) is 110 cm³/mol. The molecule has 27 heavy (non-hydrogen) atoms. The van der Waals surface area contributed by atoms with Gasteiger partial charge in [-0.15, -0.1) is 0 Å². The Morgan fingerprint density at radius 2 is 1.59 bits per heavy atom. The van der Waals surface area contributed by atoms with Gasteiger partial charge in [-0.25, -0.2) is 4.98 Å². The first-order valence-corrected chi connectivity index (χ1v) is 9.14. The van der Waals surface area contributed by atoms with Crippen molar-refractivity contribution < 1.29 is 0 Å². The Labute approximate surface area is 158 Å². The number of benzene rings is 2. The molecule has 5 nitrogen and oxygen atoms in total. The molecule has 2 aromatic carbocycles. The maximum atomic E-state index is 13.4. The van der Waals surface area contributed by atoms with E-state index in [0.29, 0.717) is 16.7 Å². The molecule has 0 aliphatic carbocycles. The van der Waals surface area contributed by atoms with Gasteiger partial charge in [-0.3, -0.25) is 14.0 Å². The van der Waals surface area contributed by atoms with Crippen molar-refractivity contribution in [1.29, 1.82) is 0 Å². The first kappa shape index (κ1) is 18.6. The van der Waals surface area contributed by atoms with Crippen LogP contribution in [0.1, 0.15) is 25.4 Å². The van der Waals surface area contributed by atoms with Crippen LogP contribution < -0.4 is 5.56 Å². The Bertz CT molecular complexity index is 1140. The van der Waals surface area contributed by atoms with E-state index >= 15 is 0 Å². The van der Waals surface area contributed by atoms with Crippen molar-refractivity contribution in [3.05, 3.63) is 76.6 Å². The average Bonchev–Trinajstić information content (AvgIpc) is 3.02. The summed E-state index contributed by atoms with van der Waals surface area (Å²) in [4.78, 5) is 18.0. The third-order valence-electron chi connectivity index (χ3n) is 4.61. The molecule has 0 radical (unpaired) electrons. The quantitative estimate of drug-likeness (QED) is 0.531. The minimum atomic E-state index is -0.0625. The molecule has 2 aromatic heterocycles. The van der Waals surface area contributed by atoms with E-state index in [9.17, 15) is 4.79 Å². The van der Waals surface area contributed by atoms with Gasteiger partial charge in [-0.1, -0.05) is 44.2 Å². The first-order valence-electron chi connectivity index (χ1n) is 9.14. The molecule has 0 bridgehead atoms. The zero-order chi connectivity index (χ0) is 19.6. The molecule has 138 valence electrons. The third kappa shape index (κ3) is 3.16. The molecule has 0 atom stereocenters. The molecule has 0 fully saturated rings. The molecule has 2 heterocycles. The van der Waals surface area contributed by atoms with Crippen LogP contribution in [0.3, 0.4) is 0 Å². The highest BCUT2D eigenvalue weighted by Crippen LogP contribution is 2.28. The summed E-state index contributed by atoms with van der Waals surface area (Å²) in [7, 11) is 1.90. The number of fused-ring (bicyclic) bond motifs is 1. The largest absolute Gasteiger partial charge is 0.272 e. The minimum Gasteiger partial charge on any atom is -0.272 e. The van der Waals surface area contributed by atoms with Gasteiger partial charge in [0, 0.05) is 23.9 Å². The molecule has 4 rings (SSSR count). The molecule has 0 aliphatic heterocycles. The van der Waals surface area contributed by atoms with Crippen molar-refractivity contribution >= 4 is 10.9 Å². The van der Waals surface area contributed by atoms with E-state index in [1.165, 1.54) is 0 Å². The second-order valence-corrected chi connectivity index (χ2v) is 6.10. The highest BCUT2D eigenvalue weighted by molar-refractivity contribution is 5.94. The van der Waals surface area contributed by atoms with Crippen molar-refractivity contribution in [2.75, 3.05) is 0 Å². The van der Waals surface area contributed by atoms with Gasteiger partial charge in [0.05, 0.1) is 22.8 Å². The number of hydrogen-bond acceptors (Lipinski definition) is 3. The van der Waals surface area contributed by atoms with Crippen LogP contribution in [0, 0.1) is 13.8 Å². The van der Waals surface area contributed by atoms with Crippen LogP contribution in [0.2, 0.25) is 0 Å². The van der Waals surface area contributed by atoms with Gasteiger partial charge in [0.2, 0.25) is 0 Å². The summed E-state index contributed by atoms with van der Waals surface area (Å²) in [6.07, 6.45) is 1.80. The van der Waals surface area contributed by atoms with E-state index in [4.69, 9.17) is 0 Å². The van der Waals surface area contributed by atoms with Gasteiger partial charge in [-0.05, 0) is 32.0 Å². The molecule has 4 aromatic rings. The Hall–Kier alpha value is -3.21. The smallest absolute Gasteiger partial charge is 0.266 e. The lowest BCUT2D eigenvalue weighted by Crippen LogP contribution is -2.22. The second-order valence-electron chi connectivity index (χ2n) is 6.10. The molecule has 0 spiro atoms. The minimum absolute atomic E-state index is 0.0625. The molecule has 0 unspecified atom stereocenters. The highest BCUT2D eigenvalue weighted by atomic mass is 16.1. The normalized spacial score (nSPS) is 10.6. The monoisotopic (exact) mass is 360 g/mol. The van der Waals surface area contributed by atoms with Gasteiger partial charge < -0.3 is 0 Å². The lowest BCUT2D eigenvalue weighted by atomic mass is 10.0. The van der Waals surface area contributed by atoms with E-state index in [0.717, 1.165) is 22.5 Å². The highest BCUT2D eigenvalue weighted by Gasteiger charge is 2.16. The van der Waals surface area contributed by atoms with Crippen LogP contribution in [-0.4, -0.2) is 19.3 Å². The Morgan fingerprint density at radius 3 is 2.22 bits per heavy atom. The maximum Gasteiger partial charge on any atom is 0.266 e. The Morgan fingerprint density at radius 1 is 0.889 bits per heavy atom. The first-order chi connectivity index (χ1) is 13.1. The fraction of sp³-hybridized carbons (Fsp3) is 0.227. The fourth-order valence-electron chi connectivity index (χ4n) is 3.21. The number of para-hydroxylation sites is 1. The Kier molecular flexibility index (Phi) is 5.21. The average molecular weight is 360 g/mol. The van der Waals surface area contributed by atoms with Gasteiger partial charge in [-0.2, -0.15) is 5.10 Å². The van der Waals surface area contributed by atoms with Crippen molar-refractivity contribution in [3.8, 4) is 16.8 Å². The molecule has 0 N–H and O–H groups in total. The van der Waals surface area contributed by atoms with Crippen LogP contribution >= 0.6 is 0 Å². The van der Waals surface area contributed by atoms with Gasteiger partial charge in [0.15, 0.2) is 0 Å². The maximum absolute atomic E-state index is 13.4. The number of aryl methyl sites for hydroxylation is 2. The van der Waals surface area contributed by atoms with Gasteiger partial charge in [0.1, 0.15) is 5.82 Å². The zero-order valence-electron chi connectivity index (χ0n) is 16.4. The number of hydrogen-bond donors (Lipinski definition) is 0. The van der Waals surface area contributed by atoms with Crippen molar-refractivity contribution in [2.24, 2.45) is 7.05 Å². The number of nitrogens with zero attached hydrogens (tertiary/aromatic N) is 4. The van der Waals surface area contributed by atoms with E-state index in [1.807, 2.05) is 88.0 Å². The molecule has 0 saturated carbocycles. The third-order valence-corrected chi connectivity index (χ3v) is 4.61. The number of rotatable bonds is 2. The van der Waals surface area contributed by atoms with Gasteiger partial charge >= 0.3 is 0 Å². The number of aromatic nitrogens is 4. The lowest BCUT2D eigenvalue weighted by Gasteiger charge is -2.13. The molecular weight excluding hydrogens is 336 g/mol. The predicted octanol–water partition coefficient (Wildman–Crippen LogP) is 4.43. The molecule has 5 heteroatoms. The van der Waals surface area contributed by atoms with E-state index in [1.54, 1.807) is 10.8 Å². The van der Waals surface area contributed by atoms with Crippen molar-refractivity contribution in [2.45, 2.75) is 27.7 Å². The summed E-state index contributed by atoms with van der Waals surface area (Å²) in [5, 5.41) is 4.93. The SMILES string of the molecule is CC.Cc1c(-c2cccc3nc(C)n(-c4ccccc4)c(=O)c23)cnn1C. The lowest BCUT2D eigenvalue weighted by molar-refractivity contribution is 0.740. The fourth-order valence-corrected chi connectivity index (χ4v) is 3.21.